The lowest BCUT2D eigenvalue weighted by molar-refractivity contribution is -0.384. The van der Waals surface area contributed by atoms with Gasteiger partial charge >= 0.3 is 5.97 Å². The minimum Gasteiger partial charge on any atom is -0.480 e. The Balaban J connectivity index is 3.01. The number of nitrogens with one attached hydrogen (secondary N) is 1. The molecule has 0 bridgehead atoms. The van der Waals surface area contributed by atoms with Crippen molar-refractivity contribution in [3.8, 4) is 0 Å². The summed E-state index contributed by atoms with van der Waals surface area (Å²) in [6.07, 6.45) is 0. The number of halogens is 1. The van der Waals surface area contributed by atoms with Crippen molar-refractivity contribution in [1.82, 2.24) is 5.32 Å². The first-order chi connectivity index (χ1) is 8.32. The third-order valence-corrected chi connectivity index (χ3v) is 3.06. The van der Waals surface area contributed by atoms with Gasteiger partial charge in [-0.05, 0) is 35.6 Å². The number of nitrogens with zero attached hydrogens (tertiary/aromatic N) is 1. The zero-order valence-corrected chi connectivity index (χ0v) is 11.4. The molecular weight excluding hydrogens is 355 g/mol. The minimum absolute atomic E-state index is 0.0814. The molecule has 7 nitrogen and oxygen atoms in total. The molecule has 1 atom stereocenters. The van der Waals surface area contributed by atoms with Crippen molar-refractivity contribution in [3.63, 3.8) is 0 Å². The van der Waals surface area contributed by atoms with Crippen molar-refractivity contribution in [2.75, 3.05) is 0 Å². The smallest absolute Gasteiger partial charge is 0.325 e. The van der Waals surface area contributed by atoms with Crippen molar-refractivity contribution < 1.29 is 19.6 Å². The van der Waals surface area contributed by atoms with Gasteiger partial charge in [-0.3, -0.25) is 19.7 Å². The Hall–Kier alpha value is -1.71. The highest BCUT2D eigenvalue weighted by atomic mass is 127. The summed E-state index contributed by atoms with van der Waals surface area (Å²) in [5.74, 6) is -1.83. The lowest BCUT2D eigenvalue weighted by Crippen LogP contribution is -2.38. The van der Waals surface area contributed by atoms with Gasteiger partial charge in [-0.2, -0.15) is 0 Å². The molecule has 0 aromatic heterocycles. The molecule has 1 amide bonds. The fourth-order valence-corrected chi connectivity index (χ4v) is 1.72. The lowest BCUT2D eigenvalue weighted by Gasteiger charge is -2.10. The number of nitro benzene ring substituents is 1. The van der Waals surface area contributed by atoms with Crippen LogP contribution in [0.2, 0.25) is 0 Å². The summed E-state index contributed by atoms with van der Waals surface area (Å²) in [5.41, 5.74) is -0.138. The molecule has 1 rings (SSSR count). The number of benzene rings is 1. The molecule has 0 saturated carbocycles. The minimum atomic E-state index is -1.18. The van der Waals surface area contributed by atoms with Gasteiger partial charge < -0.3 is 10.4 Å². The number of hydrogen-bond acceptors (Lipinski definition) is 4. The number of rotatable bonds is 4. The second kappa shape index (κ2) is 5.76. The molecule has 0 saturated heterocycles. The van der Waals surface area contributed by atoms with E-state index in [0.717, 1.165) is 6.07 Å². The maximum atomic E-state index is 11.8. The quantitative estimate of drug-likeness (QED) is 0.477. The molecule has 18 heavy (non-hydrogen) atoms. The van der Waals surface area contributed by atoms with Gasteiger partial charge in [0.25, 0.3) is 11.6 Å². The van der Waals surface area contributed by atoms with Crippen molar-refractivity contribution >= 4 is 40.2 Å². The van der Waals surface area contributed by atoms with E-state index in [1.165, 1.54) is 19.1 Å². The van der Waals surface area contributed by atoms with Crippen molar-refractivity contribution in [2.24, 2.45) is 0 Å². The molecule has 1 aromatic carbocycles. The maximum Gasteiger partial charge on any atom is 0.325 e. The molecule has 0 heterocycles. The number of nitro groups is 1. The second-order valence-electron chi connectivity index (χ2n) is 3.45. The van der Waals surface area contributed by atoms with E-state index in [9.17, 15) is 19.7 Å². The first kappa shape index (κ1) is 14.4. The predicted octanol–water partition coefficient (Wildman–Crippen LogP) is 1.40. The molecule has 0 fully saturated rings. The summed E-state index contributed by atoms with van der Waals surface area (Å²) in [4.78, 5) is 32.3. The number of amides is 1. The number of carboxylic acids is 1. The van der Waals surface area contributed by atoms with E-state index >= 15 is 0 Å². The van der Waals surface area contributed by atoms with Crippen LogP contribution in [-0.2, 0) is 4.79 Å². The van der Waals surface area contributed by atoms with E-state index in [1.54, 1.807) is 0 Å². The topological polar surface area (TPSA) is 110 Å². The van der Waals surface area contributed by atoms with Gasteiger partial charge in [0, 0.05) is 15.7 Å². The molecule has 0 aliphatic carbocycles. The number of carbonyl (C=O) groups excluding carboxylic acids is 1. The second-order valence-corrected chi connectivity index (χ2v) is 4.62. The van der Waals surface area contributed by atoms with E-state index in [0.29, 0.717) is 3.57 Å². The number of aliphatic carboxylic acids is 1. The Morgan fingerprint density at radius 2 is 2.11 bits per heavy atom. The third kappa shape index (κ3) is 3.39. The fourth-order valence-electron chi connectivity index (χ4n) is 1.14. The molecule has 0 aliphatic rings. The Labute approximate surface area is 115 Å². The summed E-state index contributed by atoms with van der Waals surface area (Å²) in [6.45, 7) is 1.31. The van der Waals surface area contributed by atoms with Gasteiger partial charge in [-0.15, -0.1) is 0 Å². The largest absolute Gasteiger partial charge is 0.480 e. The molecule has 0 spiro atoms. The first-order valence-corrected chi connectivity index (χ1v) is 5.88. The normalized spacial score (nSPS) is 11.7. The monoisotopic (exact) mass is 364 g/mol. The Morgan fingerprint density at radius 3 is 2.61 bits per heavy atom. The average Bonchev–Trinajstić information content (AvgIpc) is 2.28. The predicted molar refractivity (Wildman–Crippen MR) is 70.4 cm³/mol. The highest BCUT2D eigenvalue weighted by molar-refractivity contribution is 14.1. The fraction of sp³-hybridized carbons (Fsp3) is 0.200. The van der Waals surface area contributed by atoms with E-state index in [-0.39, 0.29) is 11.3 Å². The lowest BCUT2D eigenvalue weighted by atomic mass is 10.2. The maximum absolute atomic E-state index is 11.8. The van der Waals surface area contributed by atoms with E-state index < -0.39 is 22.8 Å². The van der Waals surface area contributed by atoms with Crippen LogP contribution in [0.3, 0.4) is 0 Å². The van der Waals surface area contributed by atoms with E-state index in [2.05, 4.69) is 5.32 Å². The van der Waals surface area contributed by atoms with Gasteiger partial charge in [0.15, 0.2) is 0 Å². The van der Waals surface area contributed by atoms with Gasteiger partial charge in [0.1, 0.15) is 6.04 Å². The SMILES string of the molecule is C[C@@H](NC(=O)c1cc([N+](=O)[O-])ccc1I)C(=O)O. The molecule has 0 radical (unpaired) electrons. The van der Waals surface area contributed by atoms with Crippen LogP contribution in [0.1, 0.15) is 17.3 Å². The van der Waals surface area contributed by atoms with Crippen LogP contribution in [0.25, 0.3) is 0 Å². The van der Waals surface area contributed by atoms with Crippen molar-refractivity contribution in [3.05, 3.63) is 37.4 Å². The zero-order chi connectivity index (χ0) is 13.9. The average molecular weight is 364 g/mol. The summed E-state index contributed by atoms with van der Waals surface area (Å²) in [5, 5.41) is 21.5. The summed E-state index contributed by atoms with van der Waals surface area (Å²) in [6, 6.07) is 2.76. The van der Waals surface area contributed by atoms with Crippen LogP contribution in [-0.4, -0.2) is 27.9 Å². The number of non-ortho nitro benzene ring substituents is 1. The standard InChI is InChI=1S/C10H9IN2O5/c1-5(10(15)16)12-9(14)7-4-6(13(17)18)2-3-8(7)11/h2-5H,1H3,(H,12,14)(H,15,16)/t5-/m1/s1. The summed E-state index contributed by atoms with van der Waals surface area (Å²) < 4.78 is 0.508. The van der Waals surface area contributed by atoms with Crippen LogP contribution >= 0.6 is 22.6 Å². The first-order valence-electron chi connectivity index (χ1n) is 4.80. The Bertz CT molecular complexity index is 517. The van der Waals surface area contributed by atoms with Crippen LogP contribution < -0.4 is 5.32 Å². The third-order valence-electron chi connectivity index (χ3n) is 2.12. The number of carboxylic acid groups (broad SMARTS) is 1. The van der Waals surface area contributed by atoms with Crippen LogP contribution in [0.5, 0.6) is 0 Å². The zero-order valence-electron chi connectivity index (χ0n) is 9.21. The number of hydrogen-bond donors (Lipinski definition) is 2. The number of carbonyl (C=O) groups is 2. The molecule has 2 N–H and O–H groups in total. The van der Waals surface area contributed by atoms with Crippen LogP contribution in [0.4, 0.5) is 5.69 Å². The molecule has 8 heteroatoms. The van der Waals surface area contributed by atoms with Crippen molar-refractivity contribution in [1.29, 1.82) is 0 Å². The van der Waals surface area contributed by atoms with Crippen LogP contribution in [0.15, 0.2) is 18.2 Å². The van der Waals surface area contributed by atoms with Crippen LogP contribution in [0, 0.1) is 13.7 Å². The summed E-state index contributed by atoms with van der Waals surface area (Å²) in [7, 11) is 0. The van der Waals surface area contributed by atoms with Crippen molar-refractivity contribution in [2.45, 2.75) is 13.0 Å². The Morgan fingerprint density at radius 1 is 1.50 bits per heavy atom. The van der Waals surface area contributed by atoms with E-state index in [1.807, 2.05) is 22.6 Å². The van der Waals surface area contributed by atoms with Gasteiger partial charge in [0.05, 0.1) is 10.5 Å². The summed E-state index contributed by atoms with van der Waals surface area (Å²) >= 11 is 1.85. The van der Waals surface area contributed by atoms with E-state index in [4.69, 9.17) is 5.11 Å². The highest BCUT2D eigenvalue weighted by Gasteiger charge is 2.19. The Kier molecular flexibility index (Phi) is 4.59. The van der Waals surface area contributed by atoms with Gasteiger partial charge in [-0.25, -0.2) is 0 Å². The molecule has 0 aliphatic heterocycles. The van der Waals surface area contributed by atoms with Gasteiger partial charge in [-0.1, -0.05) is 0 Å². The molecule has 1 aromatic rings. The van der Waals surface area contributed by atoms with Gasteiger partial charge in [0.2, 0.25) is 0 Å². The molecular formula is C10H9IN2O5. The highest BCUT2D eigenvalue weighted by Crippen LogP contribution is 2.19. The molecule has 96 valence electrons. The molecule has 0 unspecified atom stereocenters.